The summed E-state index contributed by atoms with van der Waals surface area (Å²) in [5.74, 6) is -0.0970. The Labute approximate surface area is 117 Å². The summed E-state index contributed by atoms with van der Waals surface area (Å²) in [4.78, 5) is 11.9. The van der Waals surface area contributed by atoms with Crippen molar-refractivity contribution in [2.24, 2.45) is 7.05 Å². The van der Waals surface area contributed by atoms with Gasteiger partial charge in [0.2, 0.25) is 5.88 Å². The van der Waals surface area contributed by atoms with Crippen molar-refractivity contribution < 1.29 is 9.13 Å². The molecule has 1 N–H and O–H groups in total. The van der Waals surface area contributed by atoms with E-state index in [1.54, 1.807) is 12.1 Å². The number of tetrazole rings is 1. The van der Waals surface area contributed by atoms with Crippen molar-refractivity contribution in [1.29, 1.82) is 0 Å². The Kier molecular flexibility index (Phi) is 3.22. The van der Waals surface area contributed by atoms with Crippen LogP contribution in [-0.4, -0.2) is 30.0 Å². The highest BCUT2D eigenvalue weighted by molar-refractivity contribution is 5.40. The molecule has 0 fully saturated rings. The second kappa shape index (κ2) is 5.19. The van der Waals surface area contributed by atoms with Gasteiger partial charge in [0, 0.05) is 13.1 Å². The molecule has 0 radical (unpaired) electrons. The van der Waals surface area contributed by atoms with Gasteiger partial charge >= 0.3 is 5.69 Å². The Balaban J connectivity index is 1.99. The number of nitrogens with zero attached hydrogens (tertiary/aromatic N) is 5. The van der Waals surface area contributed by atoms with Gasteiger partial charge in [0.15, 0.2) is 0 Å². The molecule has 3 aromatic rings. The van der Waals surface area contributed by atoms with Crippen LogP contribution in [-0.2, 0) is 13.7 Å². The number of aryl methyl sites for hydroxylation is 1. The molecule has 1 aromatic carbocycles. The van der Waals surface area contributed by atoms with Crippen molar-refractivity contribution >= 4 is 0 Å². The Bertz CT molecular complexity index is 808. The average Bonchev–Trinajstić information content (AvgIpc) is 3.09. The fourth-order valence-corrected chi connectivity index (χ4v) is 1.83. The first-order chi connectivity index (χ1) is 10.2. The SMILES string of the molecule is Cn1nnn(-c2cccc(F)c2COc2ccn[nH]2)c1=O. The molecule has 0 spiro atoms. The maximum Gasteiger partial charge on any atom is 0.368 e. The van der Waals surface area contributed by atoms with E-state index < -0.39 is 11.5 Å². The number of hydrogen-bond acceptors (Lipinski definition) is 5. The summed E-state index contributed by atoms with van der Waals surface area (Å²) in [5, 5.41) is 13.7. The number of ether oxygens (including phenoxy) is 1. The zero-order valence-corrected chi connectivity index (χ0v) is 11.0. The first kappa shape index (κ1) is 13.0. The second-order valence-corrected chi connectivity index (χ2v) is 4.24. The maximum atomic E-state index is 14.0. The van der Waals surface area contributed by atoms with Gasteiger partial charge < -0.3 is 4.74 Å². The molecule has 0 aliphatic rings. The molecule has 8 nitrogen and oxygen atoms in total. The van der Waals surface area contributed by atoms with Crippen molar-refractivity contribution in [1.82, 2.24) is 30.0 Å². The molecule has 0 saturated carbocycles. The summed E-state index contributed by atoms with van der Waals surface area (Å²) < 4.78 is 21.5. The van der Waals surface area contributed by atoms with Crippen molar-refractivity contribution in [2.45, 2.75) is 6.61 Å². The highest BCUT2D eigenvalue weighted by Crippen LogP contribution is 2.18. The molecule has 9 heteroatoms. The number of H-pyrrole nitrogens is 1. The minimum atomic E-state index is -0.496. The fraction of sp³-hybridized carbons (Fsp3) is 0.167. The molecule has 0 unspecified atom stereocenters. The maximum absolute atomic E-state index is 14.0. The van der Waals surface area contributed by atoms with Crippen LogP contribution in [0.4, 0.5) is 4.39 Å². The van der Waals surface area contributed by atoms with Gasteiger partial charge in [0.25, 0.3) is 0 Å². The van der Waals surface area contributed by atoms with Crippen LogP contribution in [0, 0.1) is 5.82 Å². The smallest absolute Gasteiger partial charge is 0.368 e. The number of aromatic nitrogens is 6. The van der Waals surface area contributed by atoms with Gasteiger partial charge in [-0.3, -0.25) is 0 Å². The normalized spacial score (nSPS) is 10.8. The van der Waals surface area contributed by atoms with Crippen molar-refractivity contribution in [2.75, 3.05) is 0 Å². The number of rotatable bonds is 4. The third-order valence-corrected chi connectivity index (χ3v) is 2.89. The second-order valence-electron chi connectivity index (χ2n) is 4.24. The third kappa shape index (κ3) is 2.40. The molecular weight excluding hydrogens is 279 g/mol. The Morgan fingerprint density at radius 2 is 2.19 bits per heavy atom. The number of nitrogens with one attached hydrogen (secondary N) is 1. The lowest BCUT2D eigenvalue weighted by Gasteiger charge is -2.09. The van der Waals surface area contributed by atoms with E-state index in [4.69, 9.17) is 4.74 Å². The van der Waals surface area contributed by atoms with E-state index in [9.17, 15) is 9.18 Å². The minimum absolute atomic E-state index is 0.0762. The topological polar surface area (TPSA) is 90.6 Å². The van der Waals surface area contributed by atoms with Crippen molar-refractivity contribution in [3.8, 4) is 11.6 Å². The zero-order chi connectivity index (χ0) is 14.8. The number of hydrogen-bond donors (Lipinski definition) is 1. The van der Waals surface area contributed by atoms with E-state index in [-0.39, 0.29) is 17.9 Å². The van der Waals surface area contributed by atoms with Gasteiger partial charge in [0.1, 0.15) is 12.4 Å². The van der Waals surface area contributed by atoms with Crippen molar-refractivity contribution in [3.05, 3.63) is 52.3 Å². The standard InChI is InChI=1S/C12H11FN6O2/c1-18-12(20)19(17-16-18)10-4-2-3-9(13)8(10)7-21-11-5-6-14-15-11/h2-6H,7H2,1H3,(H,14,15). The van der Waals surface area contributed by atoms with E-state index in [0.717, 1.165) is 9.36 Å². The summed E-state index contributed by atoms with van der Waals surface area (Å²) in [7, 11) is 1.46. The summed E-state index contributed by atoms with van der Waals surface area (Å²) in [6, 6.07) is 5.96. The lowest BCUT2D eigenvalue weighted by Crippen LogP contribution is -2.23. The summed E-state index contributed by atoms with van der Waals surface area (Å²) in [6.07, 6.45) is 1.52. The van der Waals surface area contributed by atoms with Crippen LogP contribution in [0.25, 0.3) is 5.69 Å². The number of benzene rings is 1. The van der Waals surface area contributed by atoms with Gasteiger partial charge in [0.05, 0.1) is 17.4 Å². The van der Waals surface area contributed by atoms with Gasteiger partial charge in [-0.15, -0.1) is 0 Å². The Morgan fingerprint density at radius 1 is 1.33 bits per heavy atom. The molecule has 0 bridgehead atoms. The van der Waals surface area contributed by atoms with Crippen molar-refractivity contribution in [3.63, 3.8) is 0 Å². The molecule has 0 amide bonds. The fourth-order valence-electron chi connectivity index (χ4n) is 1.83. The van der Waals surface area contributed by atoms with Gasteiger partial charge in [-0.05, 0) is 22.6 Å². The predicted molar refractivity (Wildman–Crippen MR) is 69.5 cm³/mol. The average molecular weight is 290 g/mol. The Morgan fingerprint density at radius 3 is 2.86 bits per heavy atom. The van der Waals surface area contributed by atoms with E-state index >= 15 is 0 Å². The number of halogens is 1. The number of aromatic amines is 1. The monoisotopic (exact) mass is 290 g/mol. The van der Waals surface area contributed by atoms with Crippen LogP contribution >= 0.6 is 0 Å². The van der Waals surface area contributed by atoms with Gasteiger partial charge in [-0.25, -0.2) is 14.3 Å². The largest absolute Gasteiger partial charge is 0.473 e. The first-order valence-corrected chi connectivity index (χ1v) is 6.06. The third-order valence-electron chi connectivity index (χ3n) is 2.89. The predicted octanol–water partition coefficient (Wildman–Crippen LogP) is 0.407. The highest BCUT2D eigenvalue weighted by atomic mass is 19.1. The molecule has 21 heavy (non-hydrogen) atoms. The summed E-state index contributed by atoms with van der Waals surface area (Å²) >= 11 is 0. The van der Waals surface area contributed by atoms with Crippen LogP contribution in [0.15, 0.2) is 35.3 Å². The van der Waals surface area contributed by atoms with E-state index in [2.05, 4.69) is 20.6 Å². The van der Waals surface area contributed by atoms with Crippen LogP contribution in [0.1, 0.15) is 5.56 Å². The lowest BCUT2D eigenvalue weighted by atomic mass is 10.2. The highest BCUT2D eigenvalue weighted by Gasteiger charge is 2.15. The van der Waals surface area contributed by atoms with Crippen LogP contribution in [0.5, 0.6) is 5.88 Å². The molecular formula is C12H11FN6O2. The first-order valence-electron chi connectivity index (χ1n) is 6.06. The van der Waals surface area contributed by atoms with E-state index in [1.807, 2.05) is 0 Å². The van der Waals surface area contributed by atoms with E-state index in [0.29, 0.717) is 5.88 Å². The molecule has 0 saturated heterocycles. The molecule has 3 rings (SSSR count). The zero-order valence-electron chi connectivity index (χ0n) is 11.0. The lowest BCUT2D eigenvalue weighted by molar-refractivity contribution is 0.287. The van der Waals surface area contributed by atoms with E-state index in [1.165, 1.54) is 25.4 Å². The summed E-state index contributed by atoms with van der Waals surface area (Å²) in [5.41, 5.74) is 0.0192. The molecule has 0 aliphatic heterocycles. The van der Waals surface area contributed by atoms with Crippen LogP contribution < -0.4 is 10.4 Å². The quantitative estimate of drug-likeness (QED) is 0.751. The molecule has 0 aliphatic carbocycles. The summed E-state index contributed by atoms with van der Waals surface area (Å²) in [6.45, 7) is -0.0762. The molecule has 2 aromatic heterocycles. The Hall–Kier alpha value is -2.97. The minimum Gasteiger partial charge on any atom is -0.473 e. The van der Waals surface area contributed by atoms with Gasteiger partial charge in [-0.2, -0.15) is 14.5 Å². The molecule has 108 valence electrons. The molecule has 0 atom stereocenters. The molecule has 2 heterocycles. The van der Waals surface area contributed by atoms with Gasteiger partial charge in [-0.1, -0.05) is 6.07 Å². The van der Waals surface area contributed by atoms with Crippen LogP contribution in [0.2, 0.25) is 0 Å². The van der Waals surface area contributed by atoms with Crippen LogP contribution in [0.3, 0.4) is 0 Å².